The van der Waals surface area contributed by atoms with E-state index in [0.29, 0.717) is 11.3 Å². The Hall–Kier alpha value is -2.55. The molecular weight excluding hydrogens is 333 g/mol. The number of nitrogens with one attached hydrogen (secondary N) is 1. The topological polar surface area (TPSA) is 67.8 Å². The molecule has 5 nitrogen and oxygen atoms in total. The fraction of sp³-hybridized carbons (Fsp3) is 0.0714. The number of hydrogen-bond donors (Lipinski definition) is 1. The Morgan fingerprint density at radius 2 is 1.65 bits per heavy atom. The van der Waals surface area contributed by atoms with Crippen LogP contribution in [0.2, 0.25) is 0 Å². The van der Waals surface area contributed by atoms with E-state index >= 15 is 0 Å². The van der Waals surface area contributed by atoms with Crippen molar-refractivity contribution in [3.63, 3.8) is 0 Å². The predicted molar refractivity (Wildman–Crippen MR) is 76.9 cm³/mol. The van der Waals surface area contributed by atoms with Crippen LogP contribution in [-0.4, -0.2) is 20.6 Å². The summed E-state index contributed by atoms with van der Waals surface area (Å²) in [7, 11) is -3.76. The molecule has 0 atom stereocenters. The molecule has 0 aliphatic carbocycles. The van der Waals surface area contributed by atoms with E-state index in [9.17, 15) is 21.6 Å². The maximum Gasteiger partial charge on any atom is 0.573 e. The Bertz CT molecular complexity index is 875. The molecule has 0 bridgehead atoms. The molecule has 1 heterocycles. The molecular formula is C14H9F3N2O3S. The van der Waals surface area contributed by atoms with Gasteiger partial charge in [-0.2, -0.15) is 8.42 Å². The summed E-state index contributed by atoms with van der Waals surface area (Å²) in [5, 5.41) is 2.78. The molecule has 3 rings (SSSR count). The number of alkyl halides is 3. The number of halogens is 3. The molecule has 1 aliphatic heterocycles. The van der Waals surface area contributed by atoms with Gasteiger partial charge in [-0.15, -0.1) is 17.6 Å². The van der Waals surface area contributed by atoms with Crippen LogP contribution in [0.15, 0.2) is 57.8 Å². The second kappa shape index (κ2) is 5.27. The fourth-order valence-corrected chi connectivity index (χ4v) is 3.25. The first kappa shape index (κ1) is 15.3. The summed E-state index contributed by atoms with van der Waals surface area (Å²) in [6.45, 7) is 0. The molecule has 0 spiro atoms. The van der Waals surface area contributed by atoms with Gasteiger partial charge in [0.05, 0.1) is 0 Å². The smallest absolute Gasteiger partial charge is 0.406 e. The monoisotopic (exact) mass is 342 g/mol. The average Bonchev–Trinajstić information content (AvgIpc) is 2.71. The lowest BCUT2D eigenvalue weighted by atomic mass is 10.2. The number of fused-ring (bicyclic) bond motifs is 1. The predicted octanol–water partition coefficient (Wildman–Crippen LogP) is 3.15. The van der Waals surface area contributed by atoms with Crippen molar-refractivity contribution in [3.05, 3.63) is 54.1 Å². The number of hydrogen-bond acceptors (Lipinski definition) is 4. The van der Waals surface area contributed by atoms with E-state index in [2.05, 4.69) is 14.5 Å². The van der Waals surface area contributed by atoms with Gasteiger partial charge < -0.3 is 10.1 Å². The lowest BCUT2D eigenvalue weighted by molar-refractivity contribution is -0.274. The van der Waals surface area contributed by atoms with Crippen molar-refractivity contribution in [2.45, 2.75) is 11.3 Å². The quantitative estimate of drug-likeness (QED) is 0.910. The van der Waals surface area contributed by atoms with E-state index in [1.807, 2.05) is 0 Å². The van der Waals surface area contributed by atoms with Crippen molar-refractivity contribution in [2.75, 3.05) is 5.32 Å². The van der Waals surface area contributed by atoms with Crippen LogP contribution < -0.4 is 10.1 Å². The van der Waals surface area contributed by atoms with E-state index in [-0.39, 0.29) is 16.5 Å². The standard InChI is InChI=1S/C14H9F3N2O3S/c15-14(16,17)22-10-7-5-9(6-8-10)18-13-11-3-1-2-4-12(11)23(20,21)19-13/h1-8H,(H,18,19). The van der Waals surface area contributed by atoms with Crippen LogP contribution in [0.4, 0.5) is 18.9 Å². The van der Waals surface area contributed by atoms with E-state index < -0.39 is 16.4 Å². The second-order valence-corrected chi connectivity index (χ2v) is 6.18. The Kier molecular flexibility index (Phi) is 3.52. The summed E-state index contributed by atoms with van der Waals surface area (Å²) in [6.07, 6.45) is -4.77. The van der Waals surface area contributed by atoms with Gasteiger partial charge in [0.2, 0.25) is 0 Å². The summed E-state index contributed by atoms with van der Waals surface area (Å²) in [5.74, 6) is -0.255. The van der Waals surface area contributed by atoms with Gasteiger partial charge in [0.15, 0.2) is 5.84 Å². The molecule has 0 radical (unpaired) electrons. The minimum atomic E-state index is -4.77. The number of amidine groups is 1. The highest BCUT2D eigenvalue weighted by atomic mass is 32.2. The van der Waals surface area contributed by atoms with E-state index in [1.165, 1.54) is 18.2 Å². The number of rotatable bonds is 2. The highest BCUT2D eigenvalue weighted by Gasteiger charge is 2.31. The van der Waals surface area contributed by atoms with Crippen molar-refractivity contribution >= 4 is 21.5 Å². The zero-order valence-electron chi connectivity index (χ0n) is 11.3. The second-order valence-electron chi connectivity index (χ2n) is 4.61. The van der Waals surface area contributed by atoms with Crippen LogP contribution in [0.25, 0.3) is 0 Å². The molecule has 2 aromatic carbocycles. The van der Waals surface area contributed by atoms with Crippen LogP contribution in [0.5, 0.6) is 5.75 Å². The molecule has 1 N–H and O–H groups in total. The molecule has 0 fully saturated rings. The molecule has 2 aromatic rings. The number of anilines is 1. The summed E-state index contributed by atoms with van der Waals surface area (Å²) < 4.78 is 67.5. The van der Waals surface area contributed by atoms with E-state index in [1.54, 1.807) is 18.2 Å². The summed E-state index contributed by atoms with van der Waals surface area (Å²) in [6, 6.07) is 11.2. The molecule has 120 valence electrons. The fourth-order valence-electron chi connectivity index (χ4n) is 2.07. The average molecular weight is 342 g/mol. The van der Waals surface area contributed by atoms with Crippen molar-refractivity contribution in [1.82, 2.24) is 0 Å². The highest BCUT2D eigenvalue weighted by Crippen LogP contribution is 2.28. The normalized spacial score (nSPS) is 15.7. The molecule has 0 saturated heterocycles. The maximum atomic E-state index is 12.1. The van der Waals surface area contributed by atoms with Crippen molar-refractivity contribution in [2.24, 2.45) is 4.40 Å². The first-order chi connectivity index (χ1) is 10.7. The van der Waals surface area contributed by atoms with Gasteiger partial charge in [0.25, 0.3) is 10.0 Å². The number of benzene rings is 2. The lowest BCUT2D eigenvalue weighted by Gasteiger charge is -2.10. The van der Waals surface area contributed by atoms with E-state index in [4.69, 9.17) is 0 Å². The Morgan fingerprint density at radius 1 is 1.00 bits per heavy atom. The van der Waals surface area contributed by atoms with Crippen LogP contribution in [0, 0.1) is 0 Å². The largest absolute Gasteiger partial charge is 0.573 e. The van der Waals surface area contributed by atoms with Gasteiger partial charge in [-0.1, -0.05) is 12.1 Å². The minimum absolute atomic E-state index is 0.0829. The maximum absolute atomic E-state index is 12.1. The lowest BCUT2D eigenvalue weighted by Crippen LogP contribution is -2.17. The van der Waals surface area contributed by atoms with Gasteiger partial charge in [0.1, 0.15) is 10.6 Å². The van der Waals surface area contributed by atoms with Gasteiger partial charge in [0, 0.05) is 11.3 Å². The summed E-state index contributed by atoms with van der Waals surface area (Å²) >= 11 is 0. The molecule has 0 unspecified atom stereocenters. The first-order valence-electron chi connectivity index (χ1n) is 6.32. The molecule has 0 aromatic heterocycles. The number of nitrogens with zero attached hydrogens (tertiary/aromatic N) is 1. The van der Waals surface area contributed by atoms with Crippen LogP contribution >= 0.6 is 0 Å². The summed E-state index contributed by atoms with van der Waals surface area (Å²) in [4.78, 5) is 0.0829. The van der Waals surface area contributed by atoms with Gasteiger partial charge >= 0.3 is 6.36 Å². The minimum Gasteiger partial charge on any atom is -0.406 e. The first-order valence-corrected chi connectivity index (χ1v) is 7.76. The SMILES string of the molecule is O=S1(=O)N=C(Nc2ccc(OC(F)(F)F)cc2)c2ccccc21. The number of ether oxygens (including phenoxy) is 1. The van der Waals surface area contributed by atoms with Crippen molar-refractivity contribution in [1.29, 1.82) is 0 Å². The van der Waals surface area contributed by atoms with Gasteiger partial charge in [-0.3, -0.25) is 0 Å². The highest BCUT2D eigenvalue weighted by molar-refractivity contribution is 7.90. The number of sulfonamides is 1. The van der Waals surface area contributed by atoms with Crippen LogP contribution in [-0.2, 0) is 10.0 Å². The zero-order valence-corrected chi connectivity index (χ0v) is 12.1. The third-order valence-corrected chi connectivity index (χ3v) is 4.32. The van der Waals surface area contributed by atoms with Crippen LogP contribution in [0.1, 0.15) is 5.56 Å². The zero-order chi connectivity index (χ0) is 16.7. The Morgan fingerprint density at radius 3 is 2.30 bits per heavy atom. The molecule has 0 amide bonds. The van der Waals surface area contributed by atoms with E-state index in [0.717, 1.165) is 12.1 Å². The van der Waals surface area contributed by atoms with Crippen LogP contribution in [0.3, 0.4) is 0 Å². The third-order valence-electron chi connectivity index (χ3n) is 2.98. The van der Waals surface area contributed by atoms with Gasteiger partial charge in [-0.25, -0.2) is 0 Å². The molecule has 9 heteroatoms. The molecule has 1 aliphatic rings. The third kappa shape index (κ3) is 3.29. The van der Waals surface area contributed by atoms with Crippen molar-refractivity contribution in [3.8, 4) is 5.75 Å². The Balaban J connectivity index is 1.84. The Labute approximate surface area is 129 Å². The molecule has 0 saturated carbocycles. The molecule has 23 heavy (non-hydrogen) atoms. The summed E-state index contributed by atoms with van der Waals surface area (Å²) in [5.41, 5.74) is 0.785. The van der Waals surface area contributed by atoms with Crippen molar-refractivity contribution < 1.29 is 26.3 Å². The van der Waals surface area contributed by atoms with Gasteiger partial charge in [-0.05, 0) is 36.4 Å².